The van der Waals surface area contributed by atoms with Gasteiger partial charge in [-0.05, 0) is 37.6 Å². The van der Waals surface area contributed by atoms with E-state index in [4.69, 9.17) is 9.26 Å². The van der Waals surface area contributed by atoms with E-state index in [0.29, 0.717) is 23.9 Å². The fourth-order valence-electron chi connectivity index (χ4n) is 2.62. The number of nitrogens with zero attached hydrogens (tertiary/aromatic N) is 3. The van der Waals surface area contributed by atoms with E-state index in [-0.39, 0.29) is 12.5 Å². The van der Waals surface area contributed by atoms with Crippen molar-refractivity contribution in [2.45, 2.75) is 20.4 Å². The summed E-state index contributed by atoms with van der Waals surface area (Å²) in [5, 5.41) is 3.98. The molecule has 0 atom stereocenters. The van der Waals surface area contributed by atoms with Gasteiger partial charge in [-0.25, -0.2) is 0 Å². The Morgan fingerprint density at radius 2 is 1.96 bits per heavy atom. The van der Waals surface area contributed by atoms with Gasteiger partial charge in [0.2, 0.25) is 11.7 Å². The second-order valence-corrected chi connectivity index (χ2v) is 5.95. The first kappa shape index (κ1) is 17.7. The van der Waals surface area contributed by atoms with Crippen molar-refractivity contribution in [3.63, 3.8) is 0 Å². The van der Waals surface area contributed by atoms with Crippen LogP contribution in [0, 0.1) is 6.92 Å². The molecule has 0 aliphatic rings. The summed E-state index contributed by atoms with van der Waals surface area (Å²) in [7, 11) is 1.71. The van der Waals surface area contributed by atoms with Crippen LogP contribution in [0.25, 0.3) is 11.4 Å². The Balaban J connectivity index is 1.70. The predicted molar refractivity (Wildman–Crippen MR) is 97.9 cm³/mol. The molecule has 0 aliphatic heterocycles. The average Bonchev–Trinajstić information content (AvgIpc) is 3.12. The third kappa shape index (κ3) is 3.91. The maximum absolute atomic E-state index is 12.6. The second-order valence-electron chi connectivity index (χ2n) is 5.95. The number of hydrogen-bond donors (Lipinski definition) is 0. The third-order valence-electron chi connectivity index (χ3n) is 3.94. The predicted octanol–water partition coefficient (Wildman–Crippen LogP) is 3.72. The molecule has 26 heavy (non-hydrogen) atoms. The number of benzene rings is 2. The first-order chi connectivity index (χ1) is 12.6. The van der Waals surface area contributed by atoms with Gasteiger partial charge in [0.15, 0.2) is 0 Å². The minimum absolute atomic E-state index is 0.115. The van der Waals surface area contributed by atoms with Gasteiger partial charge < -0.3 is 14.2 Å². The minimum atomic E-state index is -0.115. The van der Waals surface area contributed by atoms with Crippen LogP contribution in [0.3, 0.4) is 0 Å². The summed E-state index contributed by atoms with van der Waals surface area (Å²) in [5.41, 5.74) is 2.39. The normalized spacial score (nSPS) is 10.6. The van der Waals surface area contributed by atoms with Crippen LogP contribution in [0.2, 0.25) is 0 Å². The fourth-order valence-corrected chi connectivity index (χ4v) is 2.62. The Bertz CT molecular complexity index is 890. The lowest BCUT2D eigenvalue weighted by molar-refractivity contribution is 0.0769. The van der Waals surface area contributed by atoms with E-state index >= 15 is 0 Å². The van der Waals surface area contributed by atoms with Gasteiger partial charge in [0.25, 0.3) is 5.91 Å². The zero-order chi connectivity index (χ0) is 18.5. The summed E-state index contributed by atoms with van der Waals surface area (Å²) in [4.78, 5) is 18.6. The number of rotatable bonds is 6. The molecule has 2 aromatic carbocycles. The van der Waals surface area contributed by atoms with Gasteiger partial charge >= 0.3 is 0 Å². The van der Waals surface area contributed by atoms with Crippen LogP contribution in [-0.2, 0) is 6.54 Å². The largest absolute Gasteiger partial charge is 0.494 e. The van der Waals surface area contributed by atoms with Gasteiger partial charge in [0.1, 0.15) is 5.75 Å². The number of ether oxygens (including phenoxy) is 1. The SMILES string of the molecule is CCOc1ccc(C(=O)N(C)Cc2nc(-c3ccccc3)no2)cc1C. The zero-order valence-corrected chi connectivity index (χ0v) is 15.1. The molecule has 0 fully saturated rings. The maximum Gasteiger partial charge on any atom is 0.254 e. The fraction of sp³-hybridized carbons (Fsp3) is 0.250. The van der Waals surface area contributed by atoms with Crippen molar-refractivity contribution in [1.29, 1.82) is 0 Å². The number of aromatic nitrogens is 2. The molecule has 0 bridgehead atoms. The summed E-state index contributed by atoms with van der Waals surface area (Å²) in [5.74, 6) is 1.58. The summed E-state index contributed by atoms with van der Waals surface area (Å²) in [6.45, 7) is 4.69. The van der Waals surface area contributed by atoms with Gasteiger partial charge in [-0.2, -0.15) is 4.98 Å². The summed E-state index contributed by atoms with van der Waals surface area (Å²) in [6.07, 6.45) is 0. The highest BCUT2D eigenvalue weighted by atomic mass is 16.5. The van der Waals surface area contributed by atoms with Crippen LogP contribution in [0.4, 0.5) is 0 Å². The number of carbonyl (C=O) groups is 1. The Morgan fingerprint density at radius 1 is 1.19 bits per heavy atom. The minimum Gasteiger partial charge on any atom is -0.494 e. The van der Waals surface area contributed by atoms with E-state index in [1.807, 2.05) is 56.3 Å². The van der Waals surface area contributed by atoms with Gasteiger partial charge in [-0.1, -0.05) is 35.5 Å². The molecule has 0 radical (unpaired) electrons. The summed E-state index contributed by atoms with van der Waals surface area (Å²) < 4.78 is 10.8. The van der Waals surface area contributed by atoms with Gasteiger partial charge in [0, 0.05) is 18.2 Å². The van der Waals surface area contributed by atoms with Crippen molar-refractivity contribution in [3.8, 4) is 17.1 Å². The van der Waals surface area contributed by atoms with Crippen LogP contribution in [0.5, 0.6) is 5.75 Å². The molecule has 0 spiro atoms. The quantitative estimate of drug-likeness (QED) is 0.677. The molecule has 0 saturated heterocycles. The molecule has 0 saturated carbocycles. The Labute approximate surface area is 152 Å². The van der Waals surface area contributed by atoms with Crippen LogP contribution < -0.4 is 4.74 Å². The smallest absolute Gasteiger partial charge is 0.254 e. The van der Waals surface area contributed by atoms with Crippen LogP contribution in [0.15, 0.2) is 53.1 Å². The average molecular weight is 351 g/mol. The van der Waals surface area contributed by atoms with E-state index in [1.54, 1.807) is 18.0 Å². The molecule has 3 aromatic rings. The number of aryl methyl sites for hydroxylation is 1. The molecule has 134 valence electrons. The lowest BCUT2D eigenvalue weighted by Gasteiger charge is -2.16. The molecule has 0 N–H and O–H groups in total. The second kappa shape index (κ2) is 7.82. The zero-order valence-electron chi connectivity index (χ0n) is 15.1. The van der Waals surface area contributed by atoms with Crippen molar-refractivity contribution in [3.05, 3.63) is 65.5 Å². The van der Waals surface area contributed by atoms with Crippen molar-refractivity contribution >= 4 is 5.91 Å². The van der Waals surface area contributed by atoms with Crippen molar-refractivity contribution in [2.75, 3.05) is 13.7 Å². The Hall–Kier alpha value is -3.15. The van der Waals surface area contributed by atoms with Gasteiger partial charge in [-0.15, -0.1) is 0 Å². The van der Waals surface area contributed by atoms with Crippen LogP contribution >= 0.6 is 0 Å². The monoisotopic (exact) mass is 351 g/mol. The Morgan fingerprint density at radius 3 is 2.65 bits per heavy atom. The summed E-state index contributed by atoms with van der Waals surface area (Å²) >= 11 is 0. The van der Waals surface area contributed by atoms with E-state index in [2.05, 4.69) is 10.1 Å². The third-order valence-corrected chi connectivity index (χ3v) is 3.94. The molecule has 0 aliphatic carbocycles. The maximum atomic E-state index is 12.6. The number of carbonyl (C=O) groups excluding carboxylic acids is 1. The van der Waals surface area contributed by atoms with Crippen molar-refractivity contribution in [1.82, 2.24) is 15.0 Å². The molecular formula is C20H21N3O3. The molecule has 6 nitrogen and oxygen atoms in total. The van der Waals surface area contributed by atoms with Crippen LogP contribution in [0.1, 0.15) is 28.7 Å². The van der Waals surface area contributed by atoms with E-state index in [0.717, 1.165) is 16.9 Å². The Kier molecular flexibility index (Phi) is 5.31. The van der Waals surface area contributed by atoms with E-state index in [9.17, 15) is 4.79 Å². The first-order valence-electron chi connectivity index (χ1n) is 8.45. The molecule has 1 aromatic heterocycles. The standard InChI is InChI=1S/C20H21N3O3/c1-4-25-17-11-10-16(12-14(17)2)20(24)23(3)13-18-21-19(22-26-18)15-8-6-5-7-9-15/h5-12H,4,13H2,1-3H3. The van der Waals surface area contributed by atoms with Gasteiger partial charge in [0.05, 0.1) is 13.2 Å². The molecule has 1 amide bonds. The first-order valence-corrected chi connectivity index (χ1v) is 8.45. The van der Waals surface area contributed by atoms with Gasteiger partial charge in [-0.3, -0.25) is 4.79 Å². The number of hydrogen-bond acceptors (Lipinski definition) is 5. The molecule has 0 unspecified atom stereocenters. The van der Waals surface area contributed by atoms with E-state index in [1.165, 1.54) is 0 Å². The summed E-state index contributed by atoms with van der Waals surface area (Å²) in [6, 6.07) is 15.0. The van der Waals surface area contributed by atoms with Crippen molar-refractivity contribution < 1.29 is 14.1 Å². The lowest BCUT2D eigenvalue weighted by Crippen LogP contribution is -2.26. The highest BCUT2D eigenvalue weighted by Gasteiger charge is 2.17. The molecular weight excluding hydrogens is 330 g/mol. The van der Waals surface area contributed by atoms with Crippen molar-refractivity contribution in [2.24, 2.45) is 0 Å². The lowest BCUT2D eigenvalue weighted by atomic mass is 10.1. The van der Waals surface area contributed by atoms with Crippen LogP contribution in [-0.4, -0.2) is 34.6 Å². The highest BCUT2D eigenvalue weighted by Crippen LogP contribution is 2.20. The highest BCUT2D eigenvalue weighted by molar-refractivity contribution is 5.94. The molecule has 6 heteroatoms. The number of amides is 1. The molecule has 1 heterocycles. The molecule has 3 rings (SSSR count). The topological polar surface area (TPSA) is 68.5 Å². The van der Waals surface area contributed by atoms with E-state index < -0.39 is 0 Å².